The van der Waals surface area contributed by atoms with Crippen molar-refractivity contribution in [2.24, 2.45) is 0 Å². The molecule has 0 bridgehead atoms. The summed E-state index contributed by atoms with van der Waals surface area (Å²) in [4.78, 5) is 0. The Morgan fingerprint density at radius 1 is 1.25 bits per heavy atom. The second kappa shape index (κ2) is 1.85. The van der Waals surface area contributed by atoms with Gasteiger partial charge in [-0.25, -0.2) is 4.52 Å². The molecule has 12 heavy (non-hydrogen) atoms. The first-order valence-electron chi connectivity index (χ1n) is 3.72. The summed E-state index contributed by atoms with van der Waals surface area (Å²) in [6, 6.07) is 8.09. The Labute approximate surface area is 67.8 Å². The van der Waals surface area contributed by atoms with Gasteiger partial charge in [-0.1, -0.05) is 29.5 Å². The second-order valence-corrected chi connectivity index (χ2v) is 2.71. The van der Waals surface area contributed by atoms with Gasteiger partial charge in [-0.15, -0.1) is 5.10 Å². The zero-order chi connectivity index (χ0) is 7.97. The molecule has 0 saturated carbocycles. The van der Waals surface area contributed by atoms with Crippen LogP contribution in [0.5, 0.6) is 0 Å². The number of benzene rings is 1. The number of H-pyrrole nitrogens is 1. The number of aromatic nitrogens is 4. The number of hydrogen-bond donors (Lipinski definition) is 1. The lowest BCUT2D eigenvalue weighted by Gasteiger charge is -1.83. The first kappa shape index (κ1) is 5.77. The standard InChI is InChI=1S/C8H6N4/c1-2-4-7-6(3-1)5-12-8(7)9-10-11-12/h1-5H,(H,9,11). The van der Waals surface area contributed by atoms with Gasteiger partial charge in [-0.3, -0.25) is 0 Å². The van der Waals surface area contributed by atoms with Crippen molar-refractivity contribution in [1.82, 2.24) is 20.0 Å². The molecule has 4 nitrogen and oxygen atoms in total. The highest BCUT2D eigenvalue weighted by atomic mass is 15.5. The van der Waals surface area contributed by atoms with Gasteiger partial charge >= 0.3 is 0 Å². The fourth-order valence-electron chi connectivity index (χ4n) is 1.44. The van der Waals surface area contributed by atoms with Gasteiger partial charge in [-0.2, -0.15) is 5.21 Å². The summed E-state index contributed by atoms with van der Waals surface area (Å²) in [6.45, 7) is 0. The van der Waals surface area contributed by atoms with Crippen molar-refractivity contribution >= 4 is 16.4 Å². The van der Waals surface area contributed by atoms with Gasteiger partial charge < -0.3 is 0 Å². The van der Waals surface area contributed by atoms with Crippen LogP contribution < -0.4 is 0 Å². The lowest BCUT2D eigenvalue weighted by Crippen LogP contribution is -1.77. The molecule has 0 saturated heterocycles. The van der Waals surface area contributed by atoms with Gasteiger partial charge in [0, 0.05) is 17.0 Å². The summed E-state index contributed by atoms with van der Waals surface area (Å²) in [5.41, 5.74) is 0.880. The molecule has 0 aliphatic rings. The lowest BCUT2D eigenvalue weighted by molar-refractivity contribution is 0.828. The van der Waals surface area contributed by atoms with Crippen molar-refractivity contribution in [2.45, 2.75) is 0 Å². The molecule has 3 aromatic rings. The summed E-state index contributed by atoms with van der Waals surface area (Å²) in [5.74, 6) is 0. The Bertz CT molecular complexity index is 533. The minimum absolute atomic E-state index is 0.880. The number of rotatable bonds is 0. The van der Waals surface area contributed by atoms with Gasteiger partial charge in [0.05, 0.1) is 0 Å². The average molecular weight is 158 g/mol. The molecule has 0 atom stereocenters. The van der Waals surface area contributed by atoms with Crippen molar-refractivity contribution in [3.05, 3.63) is 30.5 Å². The normalized spacial score (nSPS) is 11.3. The molecular weight excluding hydrogens is 152 g/mol. The predicted octanol–water partition coefficient (Wildman–Crippen LogP) is 1.21. The molecule has 4 heteroatoms. The maximum atomic E-state index is 3.96. The van der Waals surface area contributed by atoms with Gasteiger partial charge in [0.2, 0.25) is 0 Å². The molecule has 2 heterocycles. The van der Waals surface area contributed by atoms with Crippen LogP contribution in [0.15, 0.2) is 30.5 Å². The van der Waals surface area contributed by atoms with Crippen molar-refractivity contribution in [3.8, 4) is 0 Å². The van der Waals surface area contributed by atoms with Crippen LogP contribution in [0.4, 0.5) is 0 Å². The Balaban J connectivity index is 2.68. The van der Waals surface area contributed by atoms with E-state index in [1.165, 1.54) is 5.39 Å². The van der Waals surface area contributed by atoms with Crippen LogP contribution in [0.1, 0.15) is 0 Å². The van der Waals surface area contributed by atoms with Crippen LogP contribution in [0.2, 0.25) is 0 Å². The molecule has 1 aromatic carbocycles. The third kappa shape index (κ3) is 0.567. The number of nitrogens with one attached hydrogen (secondary N) is 1. The Morgan fingerprint density at radius 3 is 3.17 bits per heavy atom. The topological polar surface area (TPSA) is 46.0 Å². The summed E-state index contributed by atoms with van der Waals surface area (Å²) < 4.78 is 1.81. The molecule has 1 N–H and O–H groups in total. The quantitative estimate of drug-likeness (QED) is 0.534. The minimum Gasteiger partial charge on any atom is -0.225 e. The maximum absolute atomic E-state index is 3.96. The molecular formula is C8H6N4. The van der Waals surface area contributed by atoms with E-state index < -0.39 is 0 Å². The second-order valence-electron chi connectivity index (χ2n) is 2.71. The number of tetrazole rings is 1. The van der Waals surface area contributed by atoms with E-state index in [1.54, 1.807) is 0 Å². The summed E-state index contributed by atoms with van der Waals surface area (Å²) in [5, 5.41) is 12.7. The lowest BCUT2D eigenvalue weighted by atomic mass is 10.2. The molecule has 0 aliphatic carbocycles. The highest BCUT2D eigenvalue weighted by molar-refractivity contribution is 5.94. The van der Waals surface area contributed by atoms with E-state index in [0.29, 0.717) is 0 Å². The fourth-order valence-corrected chi connectivity index (χ4v) is 1.44. The number of fused-ring (bicyclic) bond motifs is 3. The first-order valence-corrected chi connectivity index (χ1v) is 3.72. The molecule has 0 spiro atoms. The zero-order valence-corrected chi connectivity index (χ0v) is 6.23. The summed E-state index contributed by atoms with van der Waals surface area (Å²) in [7, 11) is 0. The summed E-state index contributed by atoms with van der Waals surface area (Å²) >= 11 is 0. The number of aromatic amines is 1. The summed E-state index contributed by atoms with van der Waals surface area (Å²) in [6.07, 6.45) is 1.98. The van der Waals surface area contributed by atoms with Crippen LogP contribution in [-0.2, 0) is 0 Å². The van der Waals surface area contributed by atoms with Crippen LogP contribution in [0, 0.1) is 0 Å². The van der Waals surface area contributed by atoms with Crippen molar-refractivity contribution < 1.29 is 0 Å². The van der Waals surface area contributed by atoms with Gasteiger partial charge in [-0.05, 0) is 0 Å². The fraction of sp³-hybridized carbons (Fsp3) is 0. The van der Waals surface area contributed by atoms with Crippen molar-refractivity contribution in [3.63, 3.8) is 0 Å². The zero-order valence-electron chi connectivity index (χ0n) is 6.23. The van der Waals surface area contributed by atoms with Gasteiger partial charge in [0.25, 0.3) is 0 Å². The van der Waals surface area contributed by atoms with E-state index >= 15 is 0 Å². The van der Waals surface area contributed by atoms with Crippen molar-refractivity contribution in [1.29, 1.82) is 0 Å². The van der Waals surface area contributed by atoms with E-state index in [-0.39, 0.29) is 0 Å². The van der Waals surface area contributed by atoms with Crippen molar-refractivity contribution in [2.75, 3.05) is 0 Å². The third-order valence-electron chi connectivity index (χ3n) is 2.00. The molecule has 0 unspecified atom stereocenters. The number of hydrogen-bond acceptors (Lipinski definition) is 2. The molecule has 2 aromatic heterocycles. The molecule has 3 rings (SSSR count). The van der Waals surface area contributed by atoms with E-state index in [1.807, 2.05) is 28.9 Å². The Morgan fingerprint density at radius 2 is 2.17 bits per heavy atom. The van der Waals surface area contributed by atoms with E-state index in [4.69, 9.17) is 0 Å². The predicted molar refractivity (Wildman–Crippen MR) is 44.8 cm³/mol. The van der Waals surface area contributed by atoms with Crippen LogP contribution in [0.3, 0.4) is 0 Å². The van der Waals surface area contributed by atoms with Crippen LogP contribution in [-0.4, -0.2) is 20.0 Å². The molecule has 0 radical (unpaired) electrons. The molecule has 0 aliphatic heterocycles. The Kier molecular flexibility index (Phi) is 0.889. The third-order valence-corrected chi connectivity index (χ3v) is 2.00. The van der Waals surface area contributed by atoms with E-state index in [9.17, 15) is 0 Å². The molecule has 0 fully saturated rings. The molecule has 0 amide bonds. The smallest absolute Gasteiger partial charge is 0.184 e. The van der Waals surface area contributed by atoms with Gasteiger partial charge in [0.15, 0.2) is 5.65 Å². The molecule has 58 valence electrons. The van der Waals surface area contributed by atoms with Crippen LogP contribution in [0.25, 0.3) is 16.4 Å². The monoisotopic (exact) mass is 158 g/mol. The maximum Gasteiger partial charge on any atom is 0.184 e. The van der Waals surface area contributed by atoms with Gasteiger partial charge in [0.1, 0.15) is 0 Å². The Hall–Kier alpha value is -1.84. The highest BCUT2D eigenvalue weighted by Gasteiger charge is 2.02. The highest BCUT2D eigenvalue weighted by Crippen LogP contribution is 2.17. The minimum atomic E-state index is 0.880. The van der Waals surface area contributed by atoms with E-state index in [0.717, 1.165) is 11.0 Å². The van der Waals surface area contributed by atoms with E-state index in [2.05, 4.69) is 21.6 Å². The van der Waals surface area contributed by atoms with Crippen LogP contribution >= 0.6 is 0 Å². The number of nitrogens with zero attached hydrogens (tertiary/aromatic N) is 3. The SMILES string of the molecule is c1ccc2c(c1)cn1[nH]nnc21. The first-order chi connectivity index (χ1) is 5.95. The average Bonchev–Trinajstić information content (AvgIpc) is 2.62. The largest absolute Gasteiger partial charge is 0.225 e.